The summed E-state index contributed by atoms with van der Waals surface area (Å²) in [5.74, 6) is -0.644. The molecule has 1 nitrogen and oxygen atoms in total. The third kappa shape index (κ3) is 3.89. The highest BCUT2D eigenvalue weighted by molar-refractivity contribution is 5.22. The molecular weight excluding hydrogens is 208 g/mol. The van der Waals surface area contributed by atoms with Crippen molar-refractivity contribution in [3.8, 4) is 0 Å². The van der Waals surface area contributed by atoms with Crippen molar-refractivity contribution < 1.29 is 8.78 Å². The van der Waals surface area contributed by atoms with E-state index in [9.17, 15) is 8.78 Å². The van der Waals surface area contributed by atoms with Gasteiger partial charge in [0.25, 0.3) is 0 Å². The first-order chi connectivity index (χ1) is 7.65. The summed E-state index contributed by atoms with van der Waals surface area (Å²) in [6.07, 6.45) is 1.91. The van der Waals surface area contributed by atoms with Gasteiger partial charge in [-0.2, -0.15) is 0 Å². The fourth-order valence-electron chi connectivity index (χ4n) is 1.67. The molecule has 1 rings (SSSR count). The fraction of sp³-hybridized carbons (Fsp3) is 0.538. The average molecular weight is 227 g/mol. The Bertz CT molecular complexity index is 326. The van der Waals surface area contributed by atoms with Crippen molar-refractivity contribution in [2.24, 2.45) is 0 Å². The van der Waals surface area contributed by atoms with Crippen LogP contribution in [0.2, 0.25) is 0 Å². The van der Waals surface area contributed by atoms with Gasteiger partial charge in [0.15, 0.2) is 0 Å². The number of halogens is 2. The third-order valence-corrected chi connectivity index (χ3v) is 2.67. The van der Waals surface area contributed by atoms with Crippen LogP contribution in [0.15, 0.2) is 18.2 Å². The molecule has 1 N–H and O–H groups in total. The maximum absolute atomic E-state index is 13.4. The van der Waals surface area contributed by atoms with Gasteiger partial charge in [0.2, 0.25) is 0 Å². The lowest BCUT2D eigenvalue weighted by Gasteiger charge is -2.13. The van der Waals surface area contributed by atoms with E-state index in [1.54, 1.807) is 0 Å². The first kappa shape index (κ1) is 13.1. The first-order valence-corrected chi connectivity index (χ1v) is 5.80. The second kappa shape index (κ2) is 6.59. The Morgan fingerprint density at radius 2 is 2.00 bits per heavy atom. The van der Waals surface area contributed by atoms with E-state index in [2.05, 4.69) is 12.2 Å². The van der Waals surface area contributed by atoms with Crippen molar-refractivity contribution in [2.75, 3.05) is 13.1 Å². The predicted octanol–water partition coefficient (Wildman–Crippen LogP) is 3.46. The van der Waals surface area contributed by atoms with Gasteiger partial charge >= 0.3 is 0 Å². The molecule has 3 heteroatoms. The minimum atomic E-state index is -0.371. The molecule has 1 aromatic carbocycles. The maximum Gasteiger partial charge on any atom is 0.126 e. The second-order valence-corrected chi connectivity index (χ2v) is 4.11. The van der Waals surface area contributed by atoms with Crippen LogP contribution >= 0.6 is 0 Å². The van der Waals surface area contributed by atoms with Gasteiger partial charge in [-0.3, -0.25) is 0 Å². The summed E-state index contributed by atoms with van der Waals surface area (Å²) in [4.78, 5) is 0. The summed E-state index contributed by atoms with van der Waals surface area (Å²) in [5.41, 5.74) is 0.471. The number of benzene rings is 1. The zero-order valence-corrected chi connectivity index (χ0v) is 9.89. The summed E-state index contributed by atoms with van der Waals surface area (Å²) in [7, 11) is 0. The Kier molecular flexibility index (Phi) is 5.39. The van der Waals surface area contributed by atoms with E-state index in [4.69, 9.17) is 0 Å². The first-order valence-electron chi connectivity index (χ1n) is 5.80. The SMILES string of the molecule is CCCNCCC(C)c1cc(F)ccc1F. The molecule has 1 atom stereocenters. The fourth-order valence-corrected chi connectivity index (χ4v) is 1.67. The quantitative estimate of drug-likeness (QED) is 0.734. The van der Waals surface area contributed by atoms with E-state index >= 15 is 0 Å². The molecule has 0 spiro atoms. The highest BCUT2D eigenvalue weighted by atomic mass is 19.1. The molecule has 0 radical (unpaired) electrons. The van der Waals surface area contributed by atoms with Crippen molar-refractivity contribution in [3.05, 3.63) is 35.4 Å². The lowest BCUT2D eigenvalue weighted by atomic mass is 9.97. The van der Waals surface area contributed by atoms with Crippen LogP contribution < -0.4 is 5.32 Å². The van der Waals surface area contributed by atoms with Crippen LogP contribution in [0, 0.1) is 11.6 Å². The van der Waals surface area contributed by atoms with Crippen molar-refractivity contribution in [2.45, 2.75) is 32.6 Å². The molecule has 0 bridgehead atoms. The monoisotopic (exact) mass is 227 g/mol. The van der Waals surface area contributed by atoms with E-state index < -0.39 is 0 Å². The lowest BCUT2D eigenvalue weighted by Crippen LogP contribution is -2.17. The van der Waals surface area contributed by atoms with Crippen molar-refractivity contribution in [1.29, 1.82) is 0 Å². The minimum Gasteiger partial charge on any atom is -0.317 e. The number of nitrogens with one attached hydrogen (secondary N) is 1. The molecule has 16 heavy (non-hydrogen) atoms. The van der Waals surface area contributed by atoms with Crippen molar-refractivity contribution in [3.63, 3.8) is 0 Å². The second-order valence-electron chi connectivity index (χ2n) is 4.11. The standard InChI is InChI=1S/C13H19F2N/c1-3-7-16-8-6-10(2)12-9-11(14)4-5-13(12)15/h4-5,9-10,16H,3,6-8H2,1-2H3. The largest absolute Gasteiger partial charge is 0.317 e. The molecule has 90 valence electrons. The van der Waals surface area contributed by atoms with Gasteiger partial charge in [-0.15, -0.1) is 0 Å². The van der Waals surface area contributed by atoms with Crippen LogP contribution in [0.3, 0.4) is 0 Å². The summed E-state index contributed by atoms with van der Waals surface area (Å²) in [6.45, 7) is 5.83. The van der Waals surface area contributed by atoms with E-state index in [1.165, 1.54) is 12.1 Å². The molecule has 0 amide bonds. The zero-order chi connectivity index (χ0) is 12.0. The third-order valence-electron chi connectivity index (χ3n) is 2.67. The van der Waals surface area contributed by atoms with Gasteiger partial charge < -0.3 is 5.32 Å². The average Bonchev–Trinajstić information content (AvgIpc) is 2.27. The highest BCUT2D eigenvalue weighted by Gasteiger charge is 2.11. The van der Waals surface area contributed by atoms with Crippen LogP contribution in [0.5, 0.6) is 0 Å². The molecule has 0 heterocycles. The Hall–Kier alpha value is -0.960. The van der Waals surface area contributed by atoms with Crippen LogP contribution in [-0.2, 0) is 0 Å². The van der Waals surface area contributed by atoms with E-state index in [-0.39, 0.29) is 17.6 Å². The van der Waals surface area contributed by atoms with E-state index in [0.29, 0.717) is 5.56 Å². The van der Waals surface area contributed by atoms with E-state index in [1.807, 2.05) is 6.92 Å². The molecule has 0 fully saturated rings. The molecule has 0 saturated carbocycles. The maximum atomic E-state index is 13.4. The van der Waals surface area contributed by atoms with Crippen LogP contribution in [0.1, 0.15) is 38.2 Å². The Morgan fingerprint density at radius 1 is 1.25 bits per heavy atom. The molecule has 0 aliphatic rings. The Labute approximate surface area is 95.9 Å². The normalized spacial score (nSPS) is 12.8. The Balaban J connectivity index is 2.51. The number of hydrogen-bond donors (Lipinski definition) is 1. The molecule has 0 saturated heterocycles. The smallest absolute Gasteiger partial charge is 0.126 e. The summed E-state index contributed by atoms with van der Waals surface area (Å²) in [5, 5.41) is 3.25. The van der Waals surface area contributed by atoms with Gasteiger partial charge in [-0.05, 0) is 55.6 Å². The van der Waals surface area contributed by atoms with E-state index in [0.717, 1.165) is 32.0 Å². The Morgan fingerprint density at radius 3 is 2.69 bits per heavy atom. The number of rotatable bonds is 6. The molecule has 1 aromatic rings. The zero-order valence-electron chi connectivity index (χ0n) is 9.89. The summed E-state index contributed by atoms with van der Waals surface area (Å²) < 4.78 is 26.4. The molecular formula is C13H19F2N. The molecule has 0 aromatic heterocycles. The van der Waals surface area contributed by atoms with Crippen LogP contribution in [-0.4, -0.2) is 13.1 Å². The van der Waals surface area contributed by atoms with Gasteiger partial charge in [-0.25, -0.2) is 8.78 Å². The van der Waals surface area contributed by atoms with Gasteiger partial charge in [-0.1, -0.05) is 13.8 Å². The van der Waals surface area contributed by atoms with Crippen molar-refractivity contribution in [1.82, 2.24) is 5.32 Å². The van der Waals surface area contributed by atoms with Gasteiger partial charge in [0, 0.05) is 0 Å². The van der Waals surface area contributed by atoms with Gasteiger partial charge in [0.1, 0.15) is 11.6 Å². The molecule has 0 aliphatic carbocycles. The minimum absolute atomic E-state index is 0.0417. The number of hydrogen-bond acceptors (Lipinski definition) is 1. The highest BCUT2D eigenvalue weighted by Crippen LogP contribution is 2.22. The summed E-state index contributed by atoms with van der Waals surface area (Å²) >= 11 is 0. The van der Waals surface area contributed by atoms with Crippen molar-refractivity contribution >= 4 is 0 Å². The van der Waals surface area contributed by atoms with Gasteiger partial charge in [0.05, 0.1) is 0 Å². The summed E-state index contributed by atoms with van der Waals surface area (Å²) in [6, 6.07) is 3.64. The lowest BCUT2D eigenvalue weighted by molar-refractivity contribution is 0.540. The topological polar surface area (TPSA) is 12.0 Å². The molecule has 0 aliphatic heterocycles. The van der Waals surface area contributed by atoms with Crippen LogP contribution in [0.25, 0.3) is 0 Å². The predicted molar refractivity (Wildman–Crippen MR) is 62.6 cm³/mol. The van der Waals surface area contributed by atoms with Crippen LogP contribution in [0.4, 0.5) is 8.78 Å². The molecule has 1 unspecified atom stereocenters.